The second-order valence-corrected chi connectivity index (χ2v) is 3.21. The van der Waals surface area contributed by atoms with Gasteiger partial charge < -0.3 is 5.32 Å². The molecule has 6 heteroatoms. The third kappa shape index (κ3) is 1.56. The molecule has 2 aromatic heterocycles. The molecule has 0 aliphatic rings. The zero-order chi connectivity index (χ0) is 10.8. The molecular weight excluding hydrogens is 204 g/mol. The van der Waals surface area contributed by atoms with Gasteiger partial charge in [0.2, 0.25) is 5.95 Å². The van der Waals surface area contributed by atoms with Crippen LogP contribution in [-0.2, 0) is 0 Å². The number of fused-ring (bicyclic) bond motifs is 1. The maximum atomic E-state index is 4.31. The molecule has 0 fully saturated rings. The maximum absolute atomic E-state index is 4.31. The van der Waals surface area contributed by atoms with Crippen molar-refractivity contribution in [2.75, 3.05) is 5.32 Å². The molecule has 0 atom stereocenters. The van der Waals surface area contributed by atoms with Crippen LogP contribution in [0.25, 0.3) is 11.0 Å². The first kappa shape index (κ1) is 8.78. The smallest absolute Gasteiger partial charge is 0.248 e. The number of anilines is 2. The third-order valence-electron chi connectivity index (χ3n) is 2.10. The second-order valence-electron chi connectivity index (χ2n) is 3.21. The summed E-state index contributed by atoms with van der Waals surface area (Å²) in [6.45, 7) is 0. The van der Waals surface area contributed by atoms with Crippen molar-refractivity contribution in [3.05, 3.63) is 36.5 Å². The van der Waals surface area contributed by atoms with Gasteiger partial charge in [0, 0.05) is 12.3 Å². The summed E-state index contributed by atoms with van der Waals surface area (Å²) in [5.41, 5.74) is 1.57. The van der Waals surface area contributed by atoms with Crippen molar-refractivity contribution in [3.63, 3.8) is 0 Å². The zero-order valence-electron chi connectivity index (χ0n) is 8.25. The Labute approximate surface area is 90.7 Å². The predicted molar refractivity (Wildman–Crippen MR) is 59.2 cm³/mol. The van der Waals surface area contributed by atoms with Gasteiger partial charge in [-0.05, 0) is 12.1 Å². The summed E-state index contributed by atoms with van der Waals surface area (Å²) >= 11 is 0. The Hall–Kier alpha value is -2.50. The molecule has 0 aliphatic heterocycles. The average Bonchev–Trinajstić information content (AvgIpc) is 2.82. The second kappa shape index (κ2) is 3.58. The molecule has 0 unspecified atom stereocenters. The first-order valence-electron chi connectivity index (χ1n) is 4.78. The first-order valence-corrected chi connectivity index (χ1v) is 4.78. The van der Waals surface area contributed by atoms with E-state index in [1.807, 2.05) is 24.3 Å². The van der Waals surface area contributed by atoms with Crippen LogP contribution in [0, 0.1) is 0 Å². The van der Waals surface area contributed by atoms with E-state index in [0.29, 0.717) is 11.8 Å². The Morgan fingerprint density at radius 3 is 2.69 bits per heavy atom. The Bertz CT molecular complexity index is 604. The highest BCUT2D eigenvalue weighted by Crippen LogP contribution is 2.11. The van der Waals surface area contributed by atoms with Gasteiger partial charge in [0.15, 0.2) is 5.82 Å². The van der Waals surface area contributed by atoms with E-state index in [-0.39, 0.29) is 0 Å². The Morgan fingerprint density at radius 2 is 1.88 bits per heavy atom. The highest BCUT2D eigenvalue weighted by molar-refractivity contribution is 5.74. The number of hydrogen-bond donors (Lipinski definition) is 2. The minimum absolute atomic E-state index is 0.436. The summed E-state index contributed by atoms with van der Waals surface area (Å²) in [4.78, 5) is 4.31. The number of nitrogens with zero attached hydrogens (tertiary/aromatic N) is 4. The Morgan fingerprint density at radius 1 is 1.00 bits per heavy atom. The topological polar surface area (TPSA) is 79.4 Å². The van der Waals surface area contributed by atoms with Crippen LogP contribution in [0.4, 0.5) is 11.8 Å². The van der Waals surface area contributed by atoms with Gasteiger partial charge in [-0.1, -0.05) is 12.1 Å². The maximum Gasteiger partial charge on any atom is 0.248 e. The average molecular weight is 212 g/mol. The molecule has 6 nitrogen and oxygen atoms in total. The minimum Gasteiger partial charge on any atom is -0.306 e. The number of hydrogen-bond acceptors (Lipinski definition) is 5. The molecule has 0 bridgehead atoms. The molecule has 2 N–H and O–H groups in total. The van der Waals surface area contributed by atoms with E-state index in [4.69, 9.17) is 0 Å². The number of benzene rings is 1. The summed E-state index contributed by atoms with van der Waals surface area (Å²) < 4.78 is 0. The fraction of sp³-hybridized carbons (Fsp3) is 0. The number of para-hydroxylation sites is 1. The number of nitrogens with one attached hydrogen (secondary N) is 2. The van der Waals surface area contributed by atoms with Gasteiger partial charge in [0.1, 0.15) is 5.52 Å². The summed E-state index contributed by atoms with van der Waals surface area (Å²) in [6.07, 6.45) is 1.72. The molecule has 2 heterocycles. The molecule has 16 heavy (non-hydrogen) atoms. The molecule has 0 saturated heterocycles. The van der Waals surface area contributed by atoms with E-state index < -0.39 is 0 Å². The van der Waals surface area contributed by atoms with Crippen LogP contribution in [0.3, 0.4) is 0 Å². The van der Waals surface area contributed by atoms with Gasteiger partial charge in [0.25, 0.3) is 0 Å². The SMILES string of the molecule is c1ccc2nc(Nc3cc[nH]n3)nnc2c1. The molecule has 0 saturated carbocycles. The van der Waals surface area contributed by atoms with Crippen molar-refractivity contribution in [2.45, 2.75) is 0 Å². The summed E-state index contributed by atoms with van der Waals surface area (Å²) in [7, 11) is 0. The van der Waals surface area contributed by atoms with Crippen molar-refractivity contribution in [2.24, 2.45) is 0 Å². The Kier molecular flexibility index (Phi) is 1.96. The predicted octanol–water partition coefficient (Wildman–Crippen LogP) is 1.49. The summed E-state index contributed by atoms with van der Waals surface area (Å²) in [5, 5.41) is 17.6. The molecule has 0 amide bonds. The van der Waals surface area contributed by atoms with Crippen molar-refractivity contribution in [1.29, 1.82) is 0 Å². The number of rotatable bonds is 2. The van der Waals surface area contributed by atoms with Crippen LogP contribution in [0.2, 0.25) is 0 Å². The van der Waals surface area contributed by atoms with Crippen LogP contribution >= 0.6 is 0 Å². The van der Waals surface area contributed by atoms with E-state index in [2.05, 4.69) is 30.7 Å². The van der Waals surface area contributed by atoms with Gasteiger partial charge in [-0.3, -0.25) is 5.10 Å². The minimum atomic E-state index is 0.436. The van der Waals surface area contributed by atoms with E-state index in [1.165, 1.54) is 0 Å². The monoisotopic (exact) mass is 212 g/mol. The Balaban J connectivity index is 1.99. The van der Waals surface area contributed by atoms with Crippen molar-refractivity contribution >= 4 is 22.8 Å². The first-order chi connectivity index (χ1) is 7.92. The molecule has 0 aliphatic carbocycles. The molecular formula is C10H8N6. The van der Waals surface area contributed by atoms with Crippen LogP contribution in [-0.4, -0.2) is 25.4 Å². The van der Waals surface area contributed by atoms with Crippen LogP contribution in [0.1, 0.15) is 0 Å². The molecule has 0 radical (unpaired) electrons. The van der Waals surface area contributed by atoms with Crippen molar-refractivity contribution in [1.82, 2.24) is 25.4 Å². The lowest BCUT2D eigenvalue weighted by Crippen LogP contribution is -1.99. The van der Waals surface area contributed by atoms with Crippen LogP contribution in [0.5, 0.6) is 0 Å². The lowest BCUT2D eigenvalue weighted by molar-refractivity contribution is 1.02. The lowest BCUT2D eigenvalue weighted by Gasteiger charge is -2.00. The van der Waals surface area contributed by atoms with Gasteiger partial charge >= 0.3 is 0 Å². The number of H-pyrrole nitrogens is 1. The molecule has 78 valence electrons. The van der Waals surface area contributed by atoms with Crippen LogP contribution < -0.4 is 5.32 Å². The third-order valence-corrected chi connectivity index (χ3v) is 2.10. The molecule has 3 aromatic rings. The fourth-order valence-electron chi connectivity index (χ4n) is 1.38. The van der Waals surface area contributed by atoms with Gasteiger partial charge in [-0.2, -0.15) is 5.10 Å². The van der Waals surface area contributed by atoms with Crippen LogP contribution in [0.15, 0.2) is 36.5 Å². The fourth-order valence-corrected chi connectivity index (χ4v) is 1.38. The van der Waals surface area contributed by atoms with E-state index in [0.717, 1.165) is 11.0 Å². The van der Waals surface area contributed by atoms with Gasteiger partial charge in [-0.15, -0.1) is 10.2 Å². The summed E-state index contributed by atoms with van der Waals surface area (Å²) in [5.74, 6) is 1.10. The standard InChI is InChI=1S/C10H8N6/c1-2-4-8-7(3-1)12-10(16-14-8)13-9-5-6-11-15-9/h1-6H,(H2,11,12,13,15,16). The highest BCUT2D eigenvalue weighted by atomic mass is 15.3. The van der Waals surface area contributed by atoms with Crippen molar-refractivity contribution in [3.8, 4) is 0 Å². The quantitative estimate of drug-likeness (QED) is 0.672. The lowest BCUT2D eigenvalue weighted by atomic mass is 10.3. The summed E-state index contributed by atoms with van der Waals surface area (Å²) in [6, 6.07) is 9.36. The largest absolute Gasteiger partial charge is 0.306 e. The number of aromatic amines is 1. The molecule has 1 aromatic carbocycles. The van der Waals surface area contributed by atoms with Gasteiger partial charge in [-0.25, -0.2) is 4.98 Å². The van der Waals surface area contributed by atoms with E-state index >= 15 is 0 Å². The number of aromatic nitrogens is 5. The highest BCUT2D eigenvalue weighted by Gasteiger charge is 2.01. The molecule has 0 spiro atoms. The van der Waals surface area contributed by atoms with E-state index in [1.54, 1.807) is 12.3 Å². The van der Waals surface area contributed by atoms with E-state index in [9.17, 15) is 0 Å². The van der Waals surface area contributed by atoms with Crippen molar-refractivity contribution < 1.29 is 0 Å². The molecule has 3 rings (SSSR count). The normalized spacial score (nSPS) is 10.5. The van der Waals surface area contributed by atoms with Gasteiger partial charge in [0.05, 0.1) is 5.52 Å². The zero-order valence-corrected chi connectivity index (χ0v) is 8.25.